The van der Waals surface area contributed by atoms with Gasteiger partial charge in [0.15, 0.2) is 9.84 Å². The van der Waals surface area contributed by atoms with Gasteiger partial charge in [-0.1, -0.05) is 42.5 Å². The van der Waals surface area contributed by atoms with Crippen molar-refractivity contribution in [3.05, 3.63) is 78.4 Å². The molecule has 3 aliphatic rings. The minimum Gasteiger partial charge on any atom is -0.491 e. The van der Waals surface area contributed by atoms with Crippen molar-refractivity contribution in [1.29, 1.82) is 0 Å². The average Bonchev–Trinajstić information content (AvgIpc) is 3.88. The summed E-state index contributed by atoms with van der Waals surface area (Å²) in [5.41, 5.74) is 8.08. The minimum absolute atomic E-state index is 0.00529. The van der Waals surface area contributed by atoms with Crippen molar-refractivity contribution in [2.24, 2.45) is 5.73 Å². The first-order valence-corrected chi connectivity index (χ1v) is 20.7. The lowest BCUT2D eigenvalue weighted by Gasteiger charge is -2.38. The van der Waals surface area contributed by atoms with Crippen LogP contribution in [-0.4, -0.2) is 106 Å². The Bertz CT molecular complexity index is 1840. The number of aliphatic hydroxyl groups is 2. The summed E-state index contributed by atoms with van der Waals surface area (Å²) < 4.78 is 65.7. The third kappa shape index (κ3) is 8.66. The van der Waals surface area contributed by atoms with E-state index < -0.39 is 42.9 Å². The first-order chi connectivity index (χ1) is 24.5. The molecular weight excluding hydrogens is 693 g/mol. The number of nitrogens with zero attached hydrogens (tertiary/aromatic N) is 1. The number of benzene rings is 3. The fraction of sp³-hybridized carbons (Fsp3) is 0.514. The second-order valence-corrected chi connectivity index (χ2v) is 18.3. The molecule has 6 N–H and O–H groups in total. The standard InChI is InChI=1S/C37H50N4O8S2/c38-16-3-17-39-23-28-8-10-29(11-9-28)30-4-1-7-35(20-30)51(46,47)41-18-14-36(15-19-41)22-31(25-49-36)40-24-32(43)26-48-33-5-2-6-34(21-33)50(44,45)37(27-42)12-13-37/h1-2,4-11,20-21,31-32,39-40,42-43H,3,12-19,22-27,38H2. The van der Waals surface area contributed by atoms with E-state index in [0.717, 1.165) is 36.2 Å². The lowest BCUT2D eigenvalue weighted by molar-refractivity contribution is -0.0312. The van der Waals surface area contributed by atoms with Crippen molar-refractivity contribution < 1.29 is 36.5 Å². The molecule has 3 aromatic rings. The Morgan fingerprint density at radius 3 is 2.37 bits per heavy atom. The summed E-state index contributed by atoms with van der Waals surface area (Å²) >= 11 is 0. The number of hydrogen-bond donors (Lipinski definition) is 5. The van der Waals surface area contributed by atoms with E-state index in [1.54, 1.807) is 34.6 Å². The molecule has 2 saturated heterocycles. The molecule has 1 spiro atoms. The molecular formula is C37H50N4O8S2. The molecule has 6 rings (SSSR count). The fourth-order valence-corrected chi connectivity index (χ4v) is 10.2. The van der Waals surface area contributed by atoms with E-state index in [2.05, 4.69) is 22.8 Å². The Balaban J connectivity index is 0.960. The highest BCUT2D eigenvalue weighted by molar-refractivity contribution is 7.93. The molecule has 278 valence electrons. The molecule has 51 heavy (non-hydrogen) atoms. The first-order valence-electron chi connectivity index (χ1n) is 17.7. The lowest BCUT2D eigenvalue weighted by Crippen LogP contribution is -2.47. The fourth-order valence-electron chi connectivity index (χ4n) is 6.90. The van der Waals surface area contributed by atoms with Crippen LogP contribution >= 0.6 is 0 Å². The van der Waals surface area contributed by atoms with Crippen LogP contribution in [0.15, 0.2) is 82.6 Å². The molecule has 0 radical (unpaired) electrons. The molecule has 3 aromatic carbocycles. The van der Waals surface area contributed by atoms with Crippen LogP contribution in [0.4, 0.5) is 0 Å². The van der Waals surface area contributed by atoms with Gasteiger partial charge in [-0.15, -0.1) is 0 Å². The van der Waals surface area contributed by atoms with Crippen LogP contribution in [0.3, 0.4) is 0 Å². The summed E-state index contributed by atoms with van der Waals surface area (Å²) in [6.07, 6.45) is 2.81. The van der Waals surface area contributed by atoms with Gasteiger partial charge in [0.25, 0.3) is 0 Å². The molecule has 2 atom stereocenters. The second-order valence-electron chi connectivity index (χ2n) is 14.0. The number of piperidine rings is 1. The Hall–Kier alpha value is -2.92. The zero-order chi connectivity index (χ0) is 36.1. The number of rotatable bonds is 17. The van der Waals surface area contributed by atoms with E-state index in [-0.39, 0.29) is 29.0 Å². The molecule has 3 fully saturated rings. The van der Waals surface area contributed by atoms with Gasteiger partial charge in [-0.2, -0.15) is 4.31 Å². The first kappa shape index (κ1) is 37.8. The van der Waals surface area contributed by atoms with Crippen LogP contribution in [0.25, 0.3) is 11.1 Å². The summed E-state index contributed by atoms with van der Waals surface area (Å²) in [5.74, 6) is 0.331. The molecule has 0 amide bonds. The highest BCUT2D eigenvalue weighted by atomic mass is 32.2. The van der Waals surface area contributed by atoms with Crippen LogP contribution in [-0.2, 0) is 31.1 Å². The predicted octanol–water partition coefficient (Wildman–Crippen LogP) is 2.43. The Labute approximate surface area is 301 Å². The maximum atomic E-state index is 13.7. The normalized spacial score (nSPS) is 20.7. The molecule has 12 nitrogen and oxygen atoms in total. The smallest absolute Gasteiger partial charge is 0.243 e. The van der Waals surface area contributed by atoms with Crippen LogP contribution in [0, 0.1) is 0 Å². The topological polar surface area (TPSA) is 181 Å². The molecule has 2 unspecified atom stereocenters. The number of hydrogen-bond acceptors (Lipinski definition) is 11. The highest BCUT2D eigenvalue weighted by Crippen LogP contribution is 2.46. The summed E-state index contributed by atoms with van der Waals surface area (Å²) in [5, 5.41) is 26.9. The average molecular weight is 743 g/mol. The van der Waals surface area contributed by atoms with Gasteiger partial charge in [0.05, 0.1) is 33.4 Å². The molecule has 0 aromatic heterocycles. The van der Waals surface area contributed by atoms with E-state index >= 15 is 0 Å². The SMILES string of the molecule is NCCCNCc1ccc(-c2cccc(S(=O)(=O)N3CCC4(CC3)CC(NCC(O)COc3cccc(S(=O)(=O)C5(CO)CC5)c3)CO4)c2)cc1. The Kier molecular flexibility index (Phi) is 11.9. The summed E-state index contributed by atoms with van der Waals surface area (Å²) in [4.78, 5) is 0.376. The van der Waals surface area contributed by atoms with E-state index in [4.69, 9.17) is 15.2 Å². The summed E-state index contributed by atoms with van der Waals surface area (Å²) in [6, 6.07) is 21.4. The Morgan fingerprint density at radius 1 is 0.941 bits per heavy atom. The molecule has 0 bridgehead atoms. The van der Waals surface area contributed by atoms with E-state index in [1.807, 2.05) is 18.2 Å². The molecule has 2 aliphatic heterocycles. The zero-order valence-corrected chi connectivity index (χ0v) is 30.5. The van der Waals surface area contributed by atoms with Gasteiger partial charge in [0.1, 0.15) is 18.5 Å². The van der Waals surface area contributed by atoms with E-state index in [0.29, 0.717) is 64.1 Å². The van der Waals surface area contributed by atoms with Gasteiger partial charge in [-0.3, -0.25) is 0 Å². The number of sulfonamides is 1. The van der Waals surface area contributed by atoms with Crippen LogP contribution < -0.4 is 21.1 Å². The largest absolute Gasteiger partial charge is 0.491 e. The van der Waals surface area contributed by atoms with Gasteiger partial charge in [-0.05, 0) is 98.6 Å². The van der Waals surface area contributed by atoms with Gasteiger partial charge in [-0.25, -0.2) is 16.8 Å². The number of nitrogens with two attached hydrogens (primary N) is 1. The van der Waals surface area contributed by atoms with Crippen molar-refractivity contribution >= 4 is 19.9 Å². The van der Waals surface area contributed by atoms with Gasteiger partial charge < -0.3 is 36.1 Å². The summed E-state index contributed by atoms with van der Waals surface area (Å²) in [6.45, 7) is 3.25. The predicted molar refractivity (Wildman–Crippen MR) is 195 cm³/mol. The van der Waals surface area contributed by atoms with E-state index in [1.165, 1.54) is 12.1 Å². The van der Waals surface area contributed by atoms with Crippen LogP contribution in [0.5, 0.6) is 5.75 Å². The van der Waals surface area contributed by atoms with Gasteiger partial charge in [0.2, 0.25) is 10.0 Å². The van der Waals surface area contributed by atoms with Crippen molar-refractivity contribution in [2.75, 3.05) is 52.5 Å². The van der Waals surface area contributed by atoms with Crippen LogP contribution in [0.1, 0.15) is 44.1 Å². The molecule has 14 heteroatoms. The molecule has 1 aliphatic carbocycles. The zero-order valence-electron chi connectivity index (χ0n) is 28.9. The van der Waals surface area contributed by atoms with E-state index in [9.17, 15) is 27.0 Å². The highest BCUT2D eigenvalue weighted by Gasteiger charge is 2.54. The maximum Gasteiger partial charge on any atom is 0.243 e. The van der Waals surface area contributed by atoms with Crippen molar-refractivity contribution in [3.63, 3.8) is 0 Å². The van der Waals surface area contributed by atoms with Crippen molar-refractivity contribution in [3.8, 4) is 16.9 Å². The van der Waals surface area contributed by atoms with Gasteiger partial charge >= 0.3 is 0 Å². The number of sulfone groups is 1. The monoisotopic (exact) mass is 742 g/mol. The number of nitrogens with one attached hydrogen (secondary N) is 2. The minimum atomic E-state index is -3.69. The number of ether oxygens (including phenoxy) is 2. The molecule has 1 saturated carbocycles. The number of aliphatic hydroxyl groups excluding tert-OH is 2. The Morgan fingerprint density at radius 2 is 1.67 bits per heavy atom. The second kappa shape index (κ2) is 16.0. The third-order valence-electron chi connectivity index (χ3n) is 10.4. The van der Waals surface area contributed by atoms with Crippen molar-refractivity contribution in [2.45, 2.75) is 77.4 Å². The summed E-state index contributed by atoms with van der Waals surface area (Å²) in [7, 11) is -7.37. The van der Waals surface area contributed by atoms with Gasteiger partial charge in [0, 0.05) is 32.2 Å². The van der Waals surface area contributed by atoms with Crippen molar-refractivity contribution in [1.82, 2.24) is 14.9 Å². The quantitative estimate of drug-likeness (QED) is 0.128. The maximum absolute atomic E-state index is 13.7. The third-order valence-corrected chi connectivity index (χ3v) is 14.8. The lowest BCUT2D eigenvalue weighted by atomic mass is 9.88. The molecule has 2 heterocycles. The van der Waals surface area contributed by atoms with Crippen LogP contribution in [0.2, 0.25) is 0 Å².